The molecule has 3 aromatic carbocycles. The van der Waals surface area contributed by atoms with Gasteiger partial charge in [-0.15, -0.1) is 0 Å². The van der Waals surface area contributed by atoms with E-state index in [1.807, 2.05) is 6.07 Å². The van der Waals surface area contributed by atoms with E-state index in [0.29, 0.717) is 11.8 Å². The van der Waals surface area contributed by atoms with Crippen LogP contribution in [0.1, 0.15) is 38.8 Å². The molecule has 1 aliphatic rings. The highest BCUT2D eigenvalue weighted by Crippen LogP contribution is 2.38. The summed E-state index contributed by atoms with van der Waals surface area (Å²) in [7, 11) is -3.95. The minimum atomic E-state index is -3.95. The summed E-state index contributed by atoms with van der Waals surface area (Å²) < 4.78 is 27.3. The SMILES string of the molecule is CC(C)N(Cc1ccccc1)Cc1ccc(-c2ccc(S(=O)(=O)N3CCSC(C)(C)C3C(=O)O)cc2)cc1. The Bertz CT molecular complexity index is 1340. The van der Waals surface area contributed by atoms with E-state index < -0.39 is 26.8 Å². The van der Waals surface area contributed by atoms with Crippen molar-refractivity contribution in [1.82, 2.24) is 9.21 Å². The number of hydrogen-bond acceptors (Lipinski definition) is 5. The molecule has 0 aliphatic carbocycles. The molecule has 1 aliphatic heterocycles. The van der Waals surface area contributed by atoms with Crippen molar-refractivity contribution in [3.63, 3.8) is 0 Å². The van der Waals surface area contributed by atoms with Gasteiger partial charge in [-0.1, -0.05) is 66.7 Å². The lowest BCUT2D eigenvalue weighted by atomic mass is 10.0. The third kappa shape index (κ3) is 6.31. The number of sulfonamides is 1. The van der Waals surface area contributed by atoms with Gasteiger partial charge in [-0.25, -0.2) is 8.42 Å². The molecule has 1 heterocycles. The Labute approximate surface area is 230 Å². The first-order valence-corrected chi connectivity index (χ1v) is 15.3. The first-order valence-electron chi connectivity index (χ1n) is 12.8. The summed E-state index contributed by atoms with van der Waals surface area (Å²) >= 11 is 1.49. The predicted octanol–water partition coefficient (Wildman–Crippen LogP) is 5.73. The van der Waals surface area contributed by atoms with E-state index in [4.69, 9.17) is 0 Å². The molecule has 1 fully saturated rings. The number of hydrogen-bond donors (Lipinski definition) is 1. The molecule has 1 unspecified atom stereocenters. The molecule has 0 radical (unpaired) electrons. The Balaban J connectivity index is 1.49. The highest BCUT2D eigenvalue weighted by atomic mass is 32.2. The summed E-state index contributed by atoms with van der Waals surface area (Å²) in [6.45, 7) is 9.86. The van der Waals surface area contributed by atoms with Crippen LogP contribution in [-0.2, 0) is 27.9 Å². The van der Waals surface area contributed by atoms with E-state index in [-0.39, 0.29) is 11.4 Å². The molecule has 4 rings (SSSR count). The average Bonchev–Trinajstić information content (AvgIpc) is 2.88. The van der Waals surface area contributed by atoms with E-state index in [9.17, 15) is 18.3 Å². The summed E-state index contributed by atoms with van der Waals surface area (Å²) in [5, 5.41) is 9.81. The van der Waals surface area contributed by atoms with Crippen molar-refractivity contribution in [2.24, 2.45) is 0 Å². The number of benzene rings is 3. The van der Waals surface area contributed by atoms with Gasteiger partial charge >= 0.3 is 5.97 Å². The van der Waals surface area contributed by atoms with E-state index in [1.54, 1.807) is 38.1 Å². The molecule has 0 amide bonds. The molecule has 1 saturated heterocycles. The van der Waals surface area contributed by atoms with Gasteiger partial charge in [-0.3, -0.25) is 9.69 Å². The van der Waals surface area contributed by atoms with Crippen molar-refractivity contribution in [3.05, 3.63) is 90.0 Å². The first-order chi connectivity index (χ1) is 18.0. The fourth-order valence-corrected chi connectivity index (χ4v) is 7.96. The maximum Gasteiger partial charge on any atom is 0.323 e. The molecule has 6 nitrogen and oxygen atoms in total. The Morgan fingerprint density at radius 2 is 1.47 bits per heavy atom. The largest absolute Gasteiger partial charge is 0.480 e. The number of carboxylic acid groups (broad SMARTS) is 1. The maximum atomic E-state index is 13.4. The number of nitrogens with zero attached hydrogens (tertiary/aromatic N) is 2. The summed E-state index contributed by atoms with van der Waals surface area (Å²) in [6.07, 6.45) is 0. The molecular weight excluding hydrogens is 516 g/mol. The van der Waals surface area contributed by atoms with Gasteiger partial charge in [0.2, 0.25) is 10.0 Å². The number of rotatable bonds is 9. The fraction of sp³-hybridized carbons (Fsp3) is 0.367. The van der Waals surface area contributed by atoms with Gasteiger partial charge < -0.3 is 5.11 Å². The molecule has 0 aromatic heterocycles. The van der Waals surface area contributed by atoms with Gasteiger partial charge in [0, 0.05) is 36.2 Å². The van der Waals surface area contributed by atoms with Gasteiger partial charge in [0.15, 0.2) is 0 Å². The third-order valence-electron chi connectivity index (χ3n) is 7.06. The van der Waals surface area contributed by atoms with Crippen molar-refractivity contribution < 1.29 is 18.3 Å². The number of carbonyl (C=O) groups is 1. The van der Waals surface area contributed by atoms with Crippen LogP contribution < -0.4 is 0 Å². The van der Waals surface area contributed by atoms with Crippen LogP contribution in [0.3, 0.4) is 0 Å². The molecule has 3 aromatic rings. The van der Waals surface area contributed by atoms with E-state index in [0.717, 1.165) is 28.5 Å². The van der Waals surface area contributed by atoms with Crippen LogP contribution in [0.5, 0.6) is 0 Å². The van der Waals surface area contributed by atoms with Crippen molar-refractivity contribution in [1.29, 1.82) is 0 Å². The summed E-state index contributed by atoms with van der Waals surface area (Å²) in [4.78, 5) is 14.5. The van der Waals surface area contributed by atoms with Crippen LogP contribution in [0, 0.1) is 0 Å². The van der Waals surface area contributed by atoms with Crippen LogP contribution in [0.2, 0.25) is 0 Å². The van der Waals surface area contributed by atoms with Gasteiger partial charge in [0.25, 0.3) is 0 Å². The molecular formula is C30H36N2O4S2. The first kappa shape index (κ1) is 28.4. The molecule has 0 saturated carbocycles. The summed E-state index contributed by atoms with van der Waals surface area (Å²) in [6, 6.07) is 24.8. The normalized spacial score (nSPS) is 18.1. The van der Waals surface area contributed by atoms with Crippen LogP contribution >= 0.6 is 11.8 Å². The zero-order valence-electron chi connectivity index (χ0n) is 22.4. The number of thioether (sulfide) groups is 1. The Morgan fingerprint density at radius 3 is 2.00 bits per heavy atom. The fourth-order valence-electron chi connectivity index (χ4n) is 4.86. The zero-order valence-corrected chi connectivity index (χ0v) is 24.0. The zero-order chi connectivity index (χ0) is 27.5. The van der Waals surface area contributed by atoms with Gasteiger partial charge in [0.1, 0.15) is 6.04 Å². The highest BCUT2D eigenvalue weighted by molar-refractivity contribution is 8.00. The average molecular weight is 553 g/mol. The molecule has 0 spiro atoms. The van der Waals surface area contributed by atoms with E-state index >= 15 is 0 Å². The minimum Gasteiger partial charge on any atom is -0.480 e. The molecule has 8 heteroatoms. The second-order valence-electron chi connectivity index (χ2n) is 10.5. The minimum absolute atomic E-state index is 0.111. The Kier molecular flexibility index (Phi) is 8.67. The quantitative estimate of drug-likeness (QED) is 0.365. The molecule has 1 N–H and O–H groups in total. The van der Waals surface area contributed by atoms with Crippen LogP contribution in [0.25, 0.3) is 11.1 Å². The van der Waals surface area contributed by atoms with Crippen molar-refractivity contribution >= 4 is 27.8 Å². The lowest BCUT2D eigenvalue weighted by Gasteiger charge is -2.42. The Morgan fingerprint density at radius 1 is 0.947 bits per heavy atom. The summed E-state index contributed by atoms with van der Waals surface area (Å²) in [5.74, 6) is -0.567. The lowest BCUT2D eigenvalue weighted by molar-refractivity contribution is -0.142. The standard InChI is InChI=1S/C30H36N2O4S2/c1-22(2)31(20-23-8-6-5-7-9-23)21-24-10-12-25(13-11-24)26-14-16-27(17-15-26)38(35,36)32-18-19-37-30(3,4)28(32)29(33)34/h5-17,22,28H,18-21H2,1-4H3,(H,33,34). The van der Waals surface area contributed by atoms with Crippen LogP contribution in [0.4, 0.5) is 0 Å². The predicted molar refractivity (Wildman–Crippen MR) is 155 cm³/mol. The Hall–Kier alpha value is -2.65. The number of carboxylic acids is 1. The topological polar surface area (TPSA) is 77.9 Å². The van der Waals surface area contributed by atoms with E-state index in [2.05, 4.69) is 67.3 Å². The summed E-state index contributed by atoms with van der Waals surface area (Å²) in [5.41, 5.74) is 4.40. The molecule has 0 bridgehead atoms. The highest BCUT2D eigenvalue weighted by Gasteiger charge is 2.48. The van der Waals surface area contributed by atoms with Crippen LogP contribution in [0.15, 0.2) is 83.8 Å². The lowest BCUT2D eigenvalue weighted by Crippen LogP contribution is -2.58. The van der Waals surface area contributed by atoms with Gasteiger partial charge in [-0.2, -0.15) is 16.1 Å². The van der Waals surface area contributed by atoms with E-state index in [1.165, 1.54) is 22.9 Å². The van der Waals surface area contributed by atoms with Crippen LogP contribution in [-0.4, -0.2) is 57.8 Å². The number of aliphatic carboxylic acids is 1. The monoisotopic (exact) mass is 552 g/mol. The smallest absolute Gasteiger partial charge is 0.323 e. The molecule has 202 valence electrons. The van der Waals surface area contributed by atoms with Gasteiger partial charge in [-0.05, 0) is 62.1 Å². The second-order valence-corrected chi connectivity index (χ2v) is 14.2. The van der Waals surface area contributed by atoms with Crippen molar-refractivity contribution in [2.45, 2.75) is 62.5 Å². The van der Waals surface area contributed by atoms with Gasteiger partial charge in [0.05, 0.1) is 4.90 Å². The van der Waals surface area contributed by atoms with Crippen molar-refractivity contribution in [3.8, 4) is 11.1 Å². The maximum absolute atomic E-state index is 13.4. The molecule has 1 atom stereocenters. The molecule has 38 heavy (non-hydrogen) atoms. The third-order valence-corrected chi connectivity index (χ3v) is 10.3. The second kappa shape index (κ2) is 11.6. The van der Waals surface area contributed by atoms with Crippen molar-refractivity contribution in [2.75, 3.05) is 12.3 Å².